The average Bonchev–Trinajstić information content (AvgIpc) is 3.11. The zero-order valence-corrected chi connectivity index (χ0v) is 15.9. The lowest BCUT2D eigenvalue weighted by atomic mass is 9.62. The standard InChI is InChI=1S/C23H25N2O2/c1-3-13-10-14-12-25-9-8-16-15-6-4-5-7-18(15)24-21(16)17(23(26)27-2)11-19(25)20(13)22(14)25/h4-7,10,14,19-20,22H,3,8-9,11-12H2,1-2H3/q+1/b21-17-/t14?,19?,20?,22?,25-/m1/s1. The molecule has 1 spiro atoms. The van der Waals surface area contributed by atoms with Gasteiger partial charge in [0.05, 0.1) is 48.7 Å². The Morgan fingerprint density at radius 2 is 2.19 bits per heavy atom. The minimum Gasteiger partial charge on any atom is -0.466 e. The number of rotatable bonds is 2. The Balaban J connectivity index is 1.52. The van der Waals surface area contributed by atoms with Crippen LogP contribution in [0.5, 0.6) is 0 Å². The number of esters is 1. The van der Waals surface area contributed by atoms with E-state index in [0.717, 1.165) is 47.8 Å². The Morgan fingerprint density at radius 1 is 1.33 bits per heavy atom. The summed E-state index contributed by atoms with van der Waals surface area (Å²) in [7, 11) is 1.50. The van der Waals surface area contributed by atoms with Gasteiger partial charge in [-0.05, 0) is 18.1 Å². The van der Waals surface area contributed by atoms with E-state index in [1.54, 1.807) is 5.57 Å². The van der Waals surface area contributed by atoms with E-state index in [-0.39, 0.29) is 5.97 Å². The van der Waals surface area contributed by atoms with E-state index in [1.165, 1.54) is 35.5 Å². The lowest BCUT2D eigenvalue weighted by Crippen LogP contribution is -2.86. The third-order valence-electron chi connectivity index (χ3n) is 7.95. The highest BCUT2D eigenvalue weighted by Gasteiger charge is 2.75. The Labute approximate surface area is 159 Å². The molecule has 0 saturated carbocycles. The summed E-state index contributed by atoms with van der Waals surface area (Å²) in [6.07, 6.45) is 5.51. The molecule has 1 aromatic rings. The van der Waals surface area contributed by atoms with Crippen molar-refractivity contribution in [1.82, 2.24) is 0 Å². The van der Waals surface area contributed by atoms with Crippen LogP contribution in [0, 0.1) is 11.8 Å². The molecule has 0 amide bonds. The van der Waals surface area contributed by atoms with Crippen LogP contribution in [0.25, 0.3) is 5.57 Å². The molecule has 0 N–H and O–H groups in total. The summed E-state index contributed by atoms with van der Waals surface area (Å²) in [4.78, 5) is 17.7. The summed E-state index contributed by atoms with van der Waals surface area (Å²) in [6, 6.07) is 9.62. The molecule has 4 heteroatoms. The van der Waals surface area contributed by atoms with Gasteiger partial charge in [0.15, 0.2) is 0 Å². The summed E-state index contributed by atoms with van der Waals surface area (Å²) in [5.41, 5.74) is 4.59. The van der Waals surface area contributed by atoms with Gasteiger partial charge in [-0.25, -0.2) is 9.79 Å². The normalized spacial score (nSPS) is 40.1. The molecule has 138 valence electrons. The first-order valence-electron chi connectivity index (χ1n) is 10.2. The van der Waals surface area contributed by atoms with Crippen molar-refractivity contribution < 1.29 is 14.0 Å². The van der Waals surface area contributed by atoms with Gasteiger partial charge < -0.3 is 9.22 Å². The molecule has 5 aliphatic rings. The number of nitrogens with zero attached hydrogens (tertiary/aromatic N) is 2. The molecule has 2 fully saturated rings. The van der Waals surface area contributed by atoms with Crippen molar-refractivity contribution in [1.29, 1.82) is 0 Å². The molecule has 1 aliphatic carbocycles. The number of piperidine rings is 1. The Morgan fingerprint density at radius 3 is 3.00 bits per heavy atom. The third kappa shape index (κ3) is 1.78. The van der Waals surface area contributed by atoms with Crippen LogP contribution in [0.4, 0.5) is 0 Å². The molecule has 1 aromatic carbocycles. The van der Waals surface area contributed by atoms with Crippen molar-refractivity contribution in [3.05, 3.63) is 57.8 Å². The molecule has 0 radical (unpaired) electrons. The fourth-order valence-corrected chi connectivity index (χ4v) is 6.90. The highest BCUT2D eigenvalue weighted by Crippen LogP contribution is 2.63. The van der Waals surface area contributed by atoms with Crippen LogP contribution in [0.2, 0.25) is 0 Å². The number of hydrogen-bond donors (Lipinski definition) is 0. The van der Waals surface area contributed by atoms with Gasteiger partial charge in [-0.3, -0.25) is 0 Å². The largest absolute Gasteiger partial charge is 0.466 e. The van der Waals surface area contributed by atoms with Crippen molar-refractivity contribution in [3.8, 4) is 0 Å². The van der Waals surface area contributed by atoms with E-state index in [1.807, 2.05) is 6.07 Å². The Hall–Kier alpha value is -2.20. The van der Waals surface area contributed by atoms with Gasteiger partial charge in [0, 0.05) is 18.1 Å². The third-order valence-corrected chi connectivity index (χ3v) is 7.95. The second-order valence-corrected chi connectivity index (χ2v) is 8.73. The second kappa shape index (κ2) is 5.20. The second-order valence-electron chi connectivity index (χ2n) is 8.73. The Kier molecular flexibility index (Phi) is 3.04. The number of para-hydroxylation sites is 1. The first-order valence-corrected chi connectivity index (χ1v) is 10.2. The Bertz CT molecular complexity index is 1070. The van der Waals surface area contributed by atoms with Crippen molar-refractivity contribution in [2.45, 2.75) is 38.3 Å². The van der Waals surface area contributed by atoms with Crippen LogP contribution in [-0.2, 0) is 9.53 Å². The molecule has 27 heavy (non-hydrogen) atoms. The van der Waals surface area contributed by atoms with Crippen LogP contribution in [-0.4, -0.2) is 42.7 Å². The van der Waals surface area contributed by atoms with Crippen LogP contribution < -0.4 is 10.6 Å². The number of allylic oxidation sites excluding steroid dienone is 1. The maximum atomic E-state index is 12.8. The molecule has 0 bridgehead atoms. The van der Waals surface area contributed by atoms with E-state index < -0.39 is 0 Å². The van der Waals surface area contributed by atoms with Gasteiger partial charge in [0.1, 0.15) is 12.1 Å². The van der Waals surface area contributed by atoms with E-state index >= 15 is 0 Å². The maximum absolute atomic E-state index is 12.8. The first-order chi connectivity index (χ1) is 13.2. The predicted octanol–water partition coefficient (Wildman–Crippen LogP) is 1.85. The number of quaternary nitrogens is 1. The van der Waals surface area contributed by atoms with Gasteiger partial charge in [-0.2, -0.15) is 0 Å². The number of carbonyl (C=O) groups excluding carboxylic acids is 1. The van der Waals surface area contributed by atoms with Crippen molar-refractivity contribution in [3.63, 3.8) is 0 Å². The molecule has 6 rings (SSSR count). The maximum Gasteiger partial charge on any atom is 0.336 e. The minimum absolute atomic E-state index is 0.195. The van der Waals surface area contributed by atoms with E-state index in [4.69, 9.17) is 9.73 Å². The smallest absolute Gasteiger partial charge is 0.336 e. The number of hydrogen-bond acceptors (Lipinski definition) is 3. The van der Waals surface area contributed by atoms with Gasteiger partial charge in [0.2, 0.25) is 0 Å². The van der Waals surface area contributed by atoms with Gasteiger partial charge in [-0.15, -0.1) is 0 Å². The van der Waals surface area contributed by atoms with E-state index in [9.17, 15) is 4.79 Å². The number of ether oxygens (including phenoxy) is 1. The summed E-state index contributed by atoms with van der Waals surface area (Å²) < 4.78 is 6.44. The number of methoxy groups -OCH3 is 1. The van der Waals surface area contributed by atoms with Gasteiger partial charge >= 0.3 is 5.97 Å². The molecular weight excluding hydrogens is 336 g/mol. The summed E-state index contributed by atoms with van der Waals surface area (Å²) in [6.45, 7) is 4.72. The van der Waals surface area contributed by atoms with E-state index in [2.05, 4.69) is 31.2 Å². The van der Waals surface area contributed by atoms with Crippen molar-refractivity contribution in [2.24, 2.45) is 16.8 Å². The monoisotopic (exact) mass is 361 g/mol. The molecular formula is C23H25N2O2+. The van der Waals surface area contributed by atoms with Gasteiger partial charge in [0.25, 0.3) is 0 Å². The zero-order chi connectivity index (χ0) is 18.3. The van der Waals surface area contributed by atoms with Crippen LogP contribution in [0.3, 0.4) is 0 Å². The highest BCUT2D eigenvalue weighted by atomic mass is 16.5. The lowest BCUT2D eigenvalue weighted by Gasteiger charge is -2.70. The number of carbonyl (C=O) groups is 1. The topological polar surface area (TPSA) is 38.7 Å². The van der Waals surface area contributed by atoms with Gasteiger partial charge in [-0.1, -0.05) is 36.8 Å². The van der Waals surface area contributed by atoms with Crippen LogP contribution >= 0.6 is 0 Å². The average molecular weight is 361 g/mol. The molecule has 4 heterocycles. The lowest BCUT2D eigenvalue weighted by molar-refractivity contribution is -1.06. The summed E-state index contributed by atoms with van der Waals surface area (Å²) in [5.74, 6) is 1.25. The number of benzene rings is 1. The fraction of sp³-hybridized carbons (Fsp3) is 0.478. The molecule has 2 saturated heterocycles. The molecule has 4 aliphatic heterocycles. The zero-order valence-electron chi connectivity index (χ0n) is 15.9. The molecule has 4 nitrogen and oxygen atoms in total. The van der Waals surface area contributed by atoms with Crippen LogP contribution in [0.15, 0.2) is 52.2 Å². The highest BCUT2D eigenvalue weighted by molar-refractivity contribution is 5.93. The molecule has 5 atom stereocenters. The predicted molar refractivity (Wildman–Crippen MR) is 102 cm³/mol. The molecule has 4 unspecified atom stereocenters. The fourth-order valence-electron chi connectivity index (χ4n) is 6.90. The van der Waals surface area contributed by atoms with Crippen LogP contribution in [0.1, 0.15) is 26.2 Å². The SMILES string of the molecule is CCC1=CC2C[N@+]34CCC5=c6ccccc6=N/C5=C(\C(=O)OC)CC3C1C24. The first kappa shape index (κ1) is 15.8. The van der Waals surface area contributed by atoms with E-state index in [0.29, 0.717) is 12.0 Å². The molecule has 0 aromatic heterocycles. The van der Waals surface area contributed by atoms with Crippen molar-refractivity contribution in [2.75, 3.05) is 20.2 Å². The van der Waals surface area contributed by atoms with Crippen molar-refractivity contribution >= 4 is 11.5 Å². The quantitative estimate of drug-likeness (QED) is 0.458. The number of fused-ring (bicyclic) bond motifs is 3. The minimum atomic E-state index is -0.195. The summed E-state index contributed by atoms with van der Waals surface area (Å²) >= 11 is 0. The summed E-state index contributed by atoms with van der Waals surface area (Å²) in [5, 5.41) is 2.21.